The van der Waals surface area contributed by atoms with Crippen molar-refractivity contribution in [2.45, 2.75) is 25.7 Å². The van der Waals surface area contributed by atoms with Crippen molar-refractivity contribution < 1.29 is 19.1 Å². The molecule has 2 aliphatic rings. The molecule has 2 fully saturated rings. The Hall–Kier alpha value is -3.29. The van der Waals surface area contributed by atoms with E-state index in [-0.39, 0.29) is 40.6 Å². The van der Waals surface area contributed by atoms with Crippen molar-refractivity contribution in [3.63, 3.8) is 0 Å². The molecule has 2 amide bonds. The maximum absolute atomic E-state index is 14.8. The number of amides is 2. The highest BCUT2D eigenvalue weighted by atomic mass is 19.1. The molecule has 7 nitrogen and oxygen atoms in total. The van der Waals surface area contributed by atoms with Gasteiger partial charge in [-0.2, -0.15) is 0 Å². The first-order chi connectivity index (χ1) is 13.6. The zero-order chi connectivity index (χ0) is 19.4. The molecule has 1 saturated heterocycles. The van der Waals surface area contributed by atoms with Crippen LogP contribution in [-0.4, -0.2) is 31.9 Å². The Morgan fingerprint density at radius 1 is 1.00 bits per heavy atom. The van der Waals surface area contributed by atoms with Crippen LogP contribution in [0.15, 0.2) is 36.4 Å². The molecule has 0 spiro atoms. The van der Waals surface area contributed by atoms with Gasteiger partial charge in [-0.3, -0.25) is 9.59 Å². The zero-order valence-corrected chi connectivity index (χ0v) is 14.9. The number of para-hydroxylation sites is 2. The lowest BCUT2D eigenvalue weighted by molar-refractivity contribution is -0.122. The number of anilines is 1. The number of nitrogens with zero attached hydrogens (tertiary/aromatic N) is 4. The van der Waals surface area contributed by atoms with Crippen LogP contribution in [0.2, 0.25) is 0 Å². The standard InChI is InChI=1S/C20H17FN4O3/c21-13-9-14-17(25(23-22-14)15-7-3-4-8-18(15)26)10-16(13)24-19(27)11-5-1-2-6-12(11)20(24)28/h3-4,7-12,26H,1-2,5-6H2. The molecule has 2 atom stereocenters. The summed E-state index contributed by atoms with van der Waals surface area (Å²) in [7, 11) is 0. The number of hydrogen-bond donors (Lipinski definition) is 1. The van der Waals surface area contributed by atoms with Crippen LogP contribution in [0.4, 0.5) is 10.1 Å². The molecule has 28 heavy (non-hydrogen) atoms. The van der Waals surface area contributed by atoms with Crippen molar-refractivity contribution in [1.82, 2.24) is 15.0 Å². The smallest absolute Gasteiger partial charge is 0.237 e. The van der Waals surface area contributed by atoms with Gasteiger partial charge >= 0.3 is 0 Å². The van der Waals surface area contributed by atoms with Crippen LogP contribution in [0, 0.1) is 17.7 Å². The first-order valence-corrected chi connectivity index (χ1v) is 9.27. The third kappa shape index (κ3) is 2.33. The van der Waals surface area contributed by atoms with Gasteiger partial charge in [-0.15, -0.1) is 5.10 Å². The van der Waals surface area contributed by atoms with Crippen LogP contribution >= 0.6 is 0 Å². The molecule has 1 aliphatic heterocycles. The summed E-state index contributed by atoms with van der Waals surface area (Å²) in [5, 5.41) is 18.1. The first kappa shape index (κ1) is 16.9. The summed E-state index contributed by atoms with van der Waals surface area (Å²) in [6, 6.07) is 9.12. The molecule has 0 radical (unpaired) electrons. The van der Waals surface area contributed by atoms with Gasteiger partial charge in [0.2, 0.25) is 11.8 Å². The van der Waals surface area contributed by atoms with E-state index >= 15 is 0 Å². The lowest BCUT2D eigenvalue weighted by Gasteiger charge is -2.19. The van der Waals surface area contributed by atoms with E-state index in [1.54, 1.807) is 18.2 Å². The summed E-state index contributed by atoms with van der Waals surface area (Å²) in [6.07, 6.45) is 3.12. The number of fused-ring (bicyclic) bond motifs is 2. The number of phenolic OH excluding ortho intramolecular Hbond substituents is 1. The number of aromatic nitrogens is 3. The van der Waals surface area contributed by atoms with Crippen LogP contribution in [0.5, 0.6) is 5.75 Å². The Labute approximate surface area is 159 Å². The number of phenols is 1. The molecule has 5 rings (SSSR count). The van der Waals surface area contributed by atoms with E-state index < -0.39 is 5.82 Å². The molecule has 1 N–H and O–H groups in total. The van der Waals surface area contributed by atoms with Crippen LogP contribution in [0.1, 0.15) is 25.7 Å². The average Bonchev–Trinajstić information content (AvgIpc) is 3.21. The molecule has 1 aromatic heterocycles. The molecule has 2 aromatic carbocycles. The second-order valence-electron chi connectivity index (χ2n) is 7.29. The minimum atomic E-state index is -0.697. The molecule has 2 heterocycles. The average molecular weight is 380 g/mol. The number of imide groups is 1. The lowest BCUT2D eigenvalue weighted by Crippen LogP contribution is -2.31. The first-order valence-electron chi connectivity index (χ1n) is 9.27. The van der Waals surface area contributed by atoms with E-state index in [1.165, 1.54) is 16.8 Å². The Morgan fingerprint density at radius 3 is 2.36 bits per heavy atom. The van der Waals surface area contributed by atoms with Crippen molar-refractivity contribution >= 4 is 28.5 Å². The van der Waals surface area contributed by atoms with Crippen molar-refractivity contribution in [1.29, 1.82) is 0 Å². The summed E-state index contributed by atoms with van der Waals surface area (Å²) in [5.74, 6) is -2.11. The van der Waals surface area contributed by atoms with E-state index in [0.29, 0.717) is 24.0 Å². The lowest BCUT2D eigenvalue weighted by atomic mass is 9.81. The van der Waals surface area contributed by atoms with Crippen molar-refractivity contribution in [3.05, 3.63) is 42.2 Å². The summed E-state index contributed by atoms with van der Waals surface area (Å²) in [5.41, 5.74) is 0.945. The molecule has 2 unspecified atom stereocenters. The van der Waals surface area contributed by atoms with Gasteiger partial charge in [-0.05, 0) is 31.0 Å². The summed E-state index contributed by atoms with van der Waals surface area (Å²) in [6.45, 7) is 0. The second kappa shape index (κ2) is 6.12. The summed E-state index contributed by atoms with van der Waals surface area (Å²) in [4.78, 5) is 26.7. The minimum absolute atomic E-state index is 0.0143. The zero-order valence-electron chi connectivity index (χ0n) is 14.9. The molecular weight excluding hydrogens is 363 g/mol. The van der Waals surface area contributed by atoms with E-state index in [9.17, 15) is 19.1 Å². The van der Waals surface area contributed by atoms with Crippen molar-refractivity contribution in [2.75, 3.05) is 4.90 Å². The number of halogens is 1. The molecule has 1 aliphatic carbocycles. The molecule has 142 valence electrons. The van der Waals surface area contributed by atoms with Crippen LogP contribution in [0.25, 0.3) is 16.7 Å². The van der Waals surface area contributed by atoms with Gasteiger partial charge in [0.05, 0.1) is 23.0 Å². The van der Waals surface area contributed by atoms with Gasteiger partial charge < -0.3 is 5.11 Å². The van der Waals surface area contributed by atoms with Gasteiger partial charge in [0.25, 0.3) is 0 Å². The largest absolute Gasteiger partial charge is 0.506 e. The SMILES string of the molecule is O=C1C2CCCCC2C(=O)N1c1cc2c(cc1F)nnn2-c1ccccc1O. The fourth-order valence-corrected chi connectivity index (χ4v) is 4.32. The maximum atomic E-state index is 14.8. The van der Waals surface area contributed by atoms with E-state index in [1.807, 2.05) is 0 Å². The highest BCUT2D eigenvalue weighted by Crippen LogP contribution is 2.41. The topological polar surface area (TPSA) is 88.3 Å². The van der Waals surface area contributed by atoms with Crippen LogP contribution < -0.4 is 4.90 Å². The van der Waals surface area contributed by atoms with Crippen LogP contribution in [-0.2, 0) is 9.59 Å². The summed E-state index contributed by atoms with van der Waals surface area (Å²) >= 11 is 0. The van der Waals surface area contributed by atoms with Gasteiger partial charge in [-0.25, -0.2) is 14.0 Å². The molecule has 8 heteroatoms. The fraction of sp³-hybridized carbons (Fsp3) is 0.300. The highest BCUT2D eigenvalue weighted by molar-refractivity contribution is 6.22. The van der Waals surface area contributed by atoms with E-state index in [2.05, 4.69) is 10.3 Å². The summed E-state index contributed by atoms with van der Waals surface area (Å²) < 4.78 is 16.2. The highest BCUT2D eigenvalue weighted by Gasteiger charge is 2.49. The number of aromatic hydroxyl groups is 1. The minimum Gasteiger partial charge on any atom is -0.506 e. The predicted octanol–water partition coefficient (Wildman–Crippen LogP) is 2.94. The third-order valence-corrected chi connectivity index (χ3v) is 5.71. The van der Waals surface area contributed by atoms with E-state index in [4.69, 9.17) is 0 Å². The Bertz CT molecular complexity index is 1100. The maximum Gasteiger partial charge on any atom is 0.237 e. The number of carbonyl (C=O) groups excluding carboxylic acids is 2. The second-order valence-corrected chi connectivity index (χ2v) is 7.29. The fourth-order valence-electron chi connectivity index (χ4n) is 4.32. The van der Waals surface area contributed by atoms with Crippen LogP contribution in [0.3, 0.4) is 0 Å². The number of carbonyl (C=O) groups is 2. The molecule has 1 saturated carbocycles. The number of rotatable bonds is 2. The molecule has 3 aromatic rings. The quantitative estimate of drug-likeness (QED) is 0.691. The monoisotopic (exact) mass is 380 g/mol. The Kier molecular flexibility index (Phi) is 3.68. The van der Waals surface area contributed by atoms with Gasteiger partial charge in [0, 0.05) is 6.07 Å². The number of benzene rings is 2. The Balaban J connectivity index is 1.65. The van der Waals surface area contributed by atoms with E-state index in [0.717, 1.165) is 23.8 Å². The van der Waals surface area contributed by atoms with Gasteiger partial charge in [0.1, 0.15) is 22.8 Å². The van der Waals surface area contributed by atoms with Crippen molar-refractivity contribution in [3.8, 4) is 11.4 Å². The van der Waals surface area contributed by atoms with Gasteiger partial charge in [-0.1, -0.05) is 30.2 Å². The molecular formula is C20H17FN4O3. The Morgan fingerprint density at radius 2 is 1.68 bits per heavy atom. The van der Waals surface area contributed by atoms with Gasteiger partial charge in [0.15, 0.2) is 0 Å². The molecule has 0 bridgehead atoms. The number of hydrogen-bond acceptors (Lipinski definition) is 5. The van der Waals surface area contributed by atoms with Crippen molar-refractivity contribution in [2.24, 2.45) is 11.8 Å². The normalized spacial score (nSPS) is 22.1. The predicted molar refractivity (Wildman–Crippen MR) is 98.4 cm³/mol. The third-order valence-electron chi connectivity index (χ3n) is 5.71.